The van der Waals surface area contributed by atoms with Crippen molar-refractivity contribution in [3.63, 3.8) is 0 Å². The monoisotopic (exact) mass is 488 g/mol. The number of carbonyl (C=O) groups is 2. The first-order valence-electron chi connectivity index (χ1n) is 12.5. The van der Waals surface area contributed by atoms with Crippen LogP contribution in [0.1, 0.15) is 48.8 Å². The van der Waals surface area contributed by atoms with Gasteiger partial charge in [-0.25, -0.2) is 0 Å². The van der Waals surface area contributed by atoms with E-state index in [4.69, 9.17) is 11.6 Å². The van der Waals surface area contributed by atoms with Crippen LogP contribution in [0.5, 0.6) is 0 Å². The Bertz CT molecular complexity index is 1100. The molecule has 0 aromatic heterocycles. The number of nitrogens with one attached hydrogen (secondary N) is 1. The van der Waals surface area contributed by atoms with E-state index >= 15 is 0 Å². The highest BCUT2D eigenvalue weighted by Gasteiger charge is 2.32. The fourth-order valence-corrected chi connectivity index (χ4v) is 4.97. The van der Waals surface area contributed by atoms with Crippen molar-refractivity contribution in [2.75, 3.05) is 0 Å². The summed E-state index contributed by atoms with van der Waals surface area (Å²) in [7, 11) is 0. The molecule has 0 radical (unpaired) electrons. The summed E-state index contributed by atoms with van der Waals surface area (Å²) in [5.74, 6) is -0.128. The first-order valence-corrected chi connectivity index (χ1v) is 12.9. The van der Waals surface area contributed by atoms with E-state index in [0.717, 1.165) is 42.4 Å². The number of benzene rings is 3. The Morgan fingerprint density at radius 2 is 1.46 bits per heavy atom. The minimum Gasteiger partial charge on any atom is -0.352 e. The van der Waals surface area contributed by atoms with Crippen LogP contribution in [0.3, 0.4) is 0 Å². The summed E-state index contributed by atoms with van der Waals surface area (Å²) in [5, 5.41) is 3.84. The fourth-order valence-electron chi connectivity index (χ4n) is 4.77. The normalized spacial score (nSPS) is 14.4. The lowest BCUT2D eigenvalue weighted by atomic mass is 10.0. The molecule has 1 atom stereocenters. The predicted molar refractivity (Wildman–Crippen MR) is 141 cm³/mol. The molecule has 0 heterocycles. The standard InChI is InChI=1S/C30H33ClN2O2/c31-27-18-10-7-15-25(27)22-33(29(34)20-19-23-11-3-1-4-12-23)28(21-24-13-5-2-6-14-24)30(35)32-26-16-8-9-17-26/h1-7,10-15,18,26,28H,8-9,16-17,19-22H2,(H,32,35). The Morgan fingerprint density at radius 3 is 2.11 bits per heavy atom. The van der Waals surface area contributed by atoms with E-state index in [1.54, 1.807) is 4.90 Å². The molecule has 1 N–H and O–H groups in total. The van der Waals surface area contributed by atoms with E-state index < -0.39 is 6.04 Å². The van der Waals surface area contributed by atoms with Gasteiger partial charge in [0.25, 0.3) is 0 Å². The van der Waals surface area contributed by atoms with E-state index in [9.17, 15) is 9.59 Å². The van der Waals surface area contributed by atoms with Gasteiger partial charge in [-0.3, -0.25) is 9.59 Å². The number of aryl methyl sites for hydroxylation is 1. The van der Waals surface area contributed by atoms with Crippen LogP contribution >= 0.6 is 11.6 Å². The first kappa shape index (κ1) is 25.0. The molecule has 0 aliphatic heterocycles. The van der Waals surface area contributed by atoms with Crippen molar-refractivity contribution in [3.05, 3.63) is 107 Å². The van der Waals surface area contributed by atoms with Crippen molar-refractivity contribution in [1.82, 2.24) is 10.2 Å². The molecule has 1 aliphatic carbocycles. The summed E-state index contributed by atoms with van der Waals surface area (Å²) in [4.78, 5) is 29.1. The van der Waals surface area contributed by atoms with Crippen LogP contribution in [0.15, 0.2) is 84.9 Å². The van der Waals surface area contributed by atoms with Crippen molar-refractivity contribution in [2.45, 2.75) is 63.6 Å². The maximum Gasteiger partial charge on any atom is 0.243 e. The number of hydrogen-bond acceptors (Lipinski definition) is 2. The summed E-state index contributed by atoms with van der Waals surface area (Å²) in [6.07, 6.45) is 5.67. The van der Waals surface area contributed by atoms with Crippen molar-refractivity contribution < 1.29 is 9.59 Å². The zero-order valence-corrected chi connectivity index (χ0v) is 20.8. The van der Waals surface area contributed by atoms with Gasteiger partial charge in [0.15, 0.2) is 0 Å². The first-order chi connectivity index (χ1) is 17.1. The minimum atomic E-state index is -0.613. The van der Waals surface area contributed by atoms with Gasteiger partial charge in [0.05, 0.1) is 0 Å². The average molecular weight is 489 g/mol. The molecule has 1 unspecified atom stereocenters. The topological polar surface area (TPSA) is 49.4 Å². The van der Waals surface area contributed by atoms with E-state index in [1.807, 2.05) is 84.9 Å². The lowest BCUT2D eigenvalue weighted by Crippen LogP contribution is -2.52. The Hall–Kier alpha value is -3.11. The second kappa shape index (κ2) is 12.6. The molecule has 2 amide bonds. The zero-order valence-electron chi connectivity index (χ0n) is 20.0. The molecule has 4 rings (SSSR count). The maximum absolute atomic E-state index is 13.7. The van der Waals surface area contributed by atoms with E-state index in [0.29, 0.717) is 30.8 Å². The highest BCUT2D eigenvalue weighted by atomic mass is 35.5. The van der Waals surface area contributed by atoms with Crippen molar-refractivity contribution in [2.24, 2.45) is 0 Å². The van der Waals surface area contributed by atoms with Gasteiger partial charge in [0, 0.05) is 30.5 Å². The number of rotatable bonds is 10. The summed E-state index contributed by atoms with van der Waals surface area (Å²) >= 11 is 6.49. The van der Waals surface area contributed by atoms with Gasteiger partial charge in [0.2, 0.25) is 11.8 Å². The van der Waals surface area contributed by atoms with Crippen LogP contribution in [0.2, 0.25) is 5.02 Å². The molecule has 5 heteroatoms. The molecule has 1 fully saturated rings. The van der Waals surface area contributed by atoms with Crippen LogP contribution in [-0.4, -0.2) is 28.8 Å². The number of carbonyl (C=O) groups excluding carboxylic acids is 2. The Labute approximate surface area is 213 Å². The summed E-state index contributed by atoms with van der Waals surface area (Å²) < 4.78 is 0. The fraction of sp³-hybridized carbons (Fsp3) is 0.333. The highest BCUT2D eigenvalue weighted by molar-refractivity contribution is 6.31. The minimum absolute atomic E-state index is 0.0451. The molecule has 4 nitrogen and oxygen atoms in total. The van der Waals surface area contributed by atoms with E-state index in [1.165, 1.54) is 0 Å². The molecular weight excluding hydrogens is 456 g/mol. The molecule has 0 spiro atoms. The number of halogens is 1. The molecule has 1 aliphatic rings. The van der Waals surface area contributed by atoms with Crippen LogP contribution in [0.25, 0.3) is 0 Å². The van der Waals surface area contributed by atoms with Gasteiger partial charge >= 0.3 is 0 Å². The number of nitrogens with zero attached hydrogens (tertiary/aromatic N) is 1. The highest BCUT2D eigenvalue weighted by Crippen LogP contribution is 2.23. The molecule has 3 aromatic carbocycles. The van der Waals surface area contributed by atoms with Gasteiger partial charge in [-0.05, 0) is 42.0 Å². The van der Waals surface area contributed by atoms with Crippen LogP contribution in [0.4, 0.5) is 0 Å². The Balaban J connectivity index is 1.61. The van der Waals surface area contributed by atoms with Gasteiger partial charge in [-0.1, -0.05) is 103 Å². The van der Waals surface area contributed by atoms with Gasteiger partial charge < -0.3 is 10.2 Å². The maximum atomic E-state index is 13.7. The lowest BCUT2D eigenvalue weighted by Gasteiger charge is -2.32. The Kier molecular flexibility index (Phi) is 8.96. The molecular formula is C30H33ClN2O2. The summed E-state index contributed by atoms with van der Waals surface area (Å²) in [5.41, 5.74) is 2.97. The molecule has 3 aromatic rings. The molecule has 1 saturated carbocycles. The number of hydrogen-bond donors (Lipinski definition) is 1. The largest absolute Gasteiger partial charge is 0.352 e. The quantitative estimate of drug-likeness (QED) is 0.382. The molecule has 35 heavy (non-hydrogen) atoms. The van der Waals surface area contributed by atoms with E-state index in [-0.39, 0.29) is 17.9 Å². The molecule has 0 bridgehead atoms. The molecule has 0 saturated heterocycles. The van der Waals surface area contributed by atoms with Gasteiger partial charge in [-0.2, -0.15) is 0 Å². The molecule has 182 valence electrons. The van der Waals surface area contributed by atoms with Crippen molar-refractivity contribution >= 4 is 23.4 Å². The number of amides is 2. The van der Waals surface area contributed by atoms with E-state index in [2.05, 4.69) is 5.32 Å². The second-order valence-electron chi connectivity index (χ2n) is 9.29. The third-order valence-corrected chi connectivity index (χ3v) is 7.11. The second-order valence-corrected chi connectivity index (χ2v) is 9.70. The van der Waals surface area contributed by atoms with Crippen LogP contribution in [0, 0.1) is 0 Å². The Morgan fingerprint density at radius 1 is 0.857 bits per heavy atom. The third kappa shape index (κ3) is 7.19. The van der Waals surface area contributed by atoms with Crippen molar-refractivity contribution in [3.8, 4) is 0 Å². The summed E-state index contributed by atoms with van der Waals surface area (Å²) in [6, 6.07) is 27.0. The third-order valence-electron chi connectivity index (χ3n) is 6.74. The average Bonchev–Trinajstić information content (AvgIpc) is 3.40. The summed E-state index contributed by atoms with van der Waals surface area (Å²) in [6.45, 7) is 0.295. The van der Waals surface area contributed by atoms with Gasteiger partial charge in [0.1, 0.15) is 6.04 Å². The van der Waals surface area contributed by atoms with Crippen molar-refractivity contribution in [1.29, 1.82) is 0 Å². The smallest absolute Gasteiger partial charge is 0.243 e. The lowest BCUT2D eigenvalue weighted by molar-refractivity contribution is -0.141. The zero-order chi connectivity index (χ0) is 24.5. The predicted octanol–water partition coefficient (Wildman–Crippen LogP) is 5.97. The SMILES string of the molecule is O=C(NC1CCCC1)C(Cc1ccccc1)N(Cc1ccccc1Cl)C(=O)CCc1ccccc1. The van der Waals surface area contributed by atoms with Gasteiger partial charge in [-0.15, -0.1) is 0 Å². The van der Waals surface area contributed by atoms with Crippen LogP contribution < -0.4 is 5.32 Å². The van der Waals surface area contributed by atoms with Crippen LogP contribution in [-0.2, 0) is 29.0 Å².